The Balaban J connectivity index is 1.48. The first-order valence-corrected chi connectivity index (χ1v) is 8.49. The van der Waals surface area contributed by atoms with Gasteiger partial charge < -0.3 is 9.84 Å². The largest absolute Gasteiger partial charge is 0.480 e. The Morgan fingerprint density at radius 2 is 1.52 bits per heavy atom. The highest BCUT2D eigenvalue weighted by atomic mass is 16.5. The van der Waals surface area contributed by atoms with Crippen molar-refractivity contribution in [3.05, 3.63) is 59.7 Å². The molecule has 2 aromatic rings. The standard InChI is InChI=1S/C20H19NO4/c22-19(23)17-9-10-18(21-17)20(24)25-11-16-14-7-3-1-5-12(14)13-6-2-4-8-15(13)16/h1-8,16-18,21H,9-11H2,(H,22,23)/t17-,18?/m0/s1. The van der Waals surface area contributed by atoms with Crippen molar-refractivity contribution in [1.29, 1.82) is 0 Å². The number of fused-ring (bicyclic) bond motifs is 3. The SMILES string of the molecule is O=C(OCC1c2ccccc2-c2ccccc21)C1CC[C@@H](C(=O)O)N1. The van der Waals surface area contributed by atoms with Crippen molar-refractivity contribution in [3.63, 3.8) is 0 Å². The molecule has 2 aromatic carbocycles. The number of carbonyl (C=O) groups is 2. The molecule has 0 spiro atoms. The Hall–Kier alpha value is -2.66. The highest BCUT2D eigenvalue weighted by molar-refractivity contribution is 5.81. The number of hydrogen-bond donors (Lipinski definition) is 2. The Labute approximate surface area is 145 Å². The minimum atomic E-state index is -0.922. The average molecular weight is 337 g/mol. The van der Waals surface area contributed by atoms with Gasteiger partial charge in [0.1, 0.15) is 18.7 Å². The van der Waals surface area contributed by atoms with Gasteiger partial charge in [0.15, 0.2) is 0 Å². The van der Waals surface area contributed by atoms with Gasteiger partial charge in [0, 0.05) is 5.92 Å². The molecule has 0 saturated carbocycles. The number of rotatable bonds is 4. The minimum absolute atomic E-state index is 0.0213. The second-order valence-electron chi connectivity index (χ2n) is 6.54. The van der Waals surface area contributed by atoms with Crippen LogP contribution in [0.1, 0.15) is 29.9 Å². The van der Waals surface area contributed by atoms with Gasteiger partial charge in [0.2, 0.25) is 0 Å². The zero-order valence-corrected chi connectivity index (χ0v) is 13.6. The lowest BCUT2D eigenvalue weighted by atomic mass is 9.98. The molecule has 1 heterocycles. The predicted octanol–water partition coefficient (Wildman–Crippen LogP) is 2.55. The molecule has 1 aliphatic heterocycles. The van der Waals surface area contributed by atoms with Crippen molar-refractivity contribution < 1.29 is 19.4 Å². The summed E-state index contributed by atoms with van der Waals surface area (Å²) < 4.78 is 5.56. The lowest BCUT2D eigenvalue weighted by molar-refractivity contribution is -0.146. The number of nitrogens with one attached hydrogen (secondary N) is 1. The zero-order valence-electron chi connectivity index (χ0n) is 13.6. The number of carbonyl (C=O) groups excluding carboxylic acids is 1. The van der Waals surface area contributed by atoms with Gasteiger partial charge in [-0.05, 0) is 35.1 Å². The van der Waals surface area contributed by atoms with Gasteiger partial charge in [-0.2, -0.15) is 0 Å². The molecule has 4 rings (SSSR count). The monoisotopic (exact) mass is 337 g/mol. The topological polar surface area (TPSA) is 75.6 Å². The van der Waals surface area contributed by atoms with Crippen LogP contribution in [0.2, 0.25) is 0 Å². The number of benzene rings is 2. The van der Waals surface area contributed by atoms with Crippen LogP contribution >= 0.6 is 0 Å². The minimum Gasteiger partial charge on any atom is -0.480 e. The highest BCUT2D eigenvalue weighted by Crippen LogP contribution is 2.44. The summed E-state index contributed by atoms with van der Waals surface area (Å²) in [4.78, 5) is 23.3. The van der Waals surface area contributed by atoms with E-state index < -0.39 is 18.1 Å². The number of esters is 1. The molecule has 5 nitrogen and oxygen atoms in total. The first-order valence-electron chi connectivity index (χ1n) is 8.49. The molecule has 1 unspecified atom stereocenters. The van der Waals surface area contributed by atoms with E-state index >= 15 is 0 Å². The van der Waals surface area contributed by atoms with Gasteiger partial charge in [-0.3, -0.25) is 14.9 Å². The smallest absolute Gasteiger partial charge is 0.323 e. The van der Waals surface area contributed by atoms with Crippen molar-refractivity contribution >= 4 is 11.9 Å². The van der Waals surface area contributed by atoms with E-state index in [2.05, 4.69) is 29.6 Å². The van der Waals surface area contributed by atoms with Gasteiger partial charge in [0.25, 0.3) is 0 Å². The number of carboxylic acid groups (broad SMARTS) is 1. The molecule has 1 fully saturated rings. The molecule has 2 atom stereocenters. The van der Waals surface area contributed by atoms with Crippen molar-refractivity contribution in [2.45, 2.75) is 30.8 Å². The summed E-state index contributed by atoms with van der Waals surface area (Å²) in [7, 11) is 0. The second-order valence-corrected chi connectivity index (χ2v) is 6.54. The predicted molar refractivity (Wildman–Crippen MR) is 92.3 cm³/mol. The van der Waals surface area contributed by atoms with Gasteiger partial charge in [-0.25, -0.2) is 0 Å². The molecule has 25 heavy (non-hydrogen) atoms. The van der Waals surface area contributed by atoms with Crippen LogP contribution < -0.4 is 5.32 Å². The molecule has 2 aliphatic rings. The number of aliphatic carboxylic acids is 1. The van der Waals surface area contributed by atoms with E-state index in [0.29, 0.717) is 12.8 Å². The van der Waals surface area contributed by atoms with Crippen molar-refractivity contribution in [3.8, 4) is 11.1 Å². The molecular formula is C20H19NO4. The van der Waals surface area contributed by atoms with Gasteiger partial charge in [-0.15, -0.1) is 0 Å². The van der Waals surface area contributed by atoms with Crippen molar-refractivity contribution in [2.75, 3.05) is 6.61 Å². The van der Waals surface area contributed by atoms with E-state index in [4.69, 9.17) is 9.84 Å². The molecule has 1 aliphatic carbocycles. The van der Waals surface area contributed by atoms with E-state index in [1.54, 1.807) is 0 Å². The molecule has 128 valence electrons. The van der Waals surface area contributed by atoms with Gasteiger partial charge >= 0.3 is 11.9 Å². The summed E-state index contributed by atoms with van der Waals surface area (Å²) in [5.41, 5.74) is 4.70. The Bertz CT molecular complexity index is 786. The summed E-state index contributed by atoms with van der Waals surface area (Å²) >= 11 is 0. The Morgan fingerprint density at radius 1 is 0.960 bits per heavy atom. The third-order valence-corrected chi connectivity index (χ3v) is 5.08. The lowest BCUT2D eigenvalue weighted by Gasteiger charge is -2.16. The van der Waals surface area contributed by atoms with Crippen LogP contribution in [0.25, 0.3) is 11.1 Å². The maximum absolute atomic E-state index is 12.3. The van der Waals surface area contributed by atoms with Crippen molar-refractivity contribution in [2.24, 2.45) is 0 Å². The molecule has 1 saturated heterocycles. The summed E-state index contributed by atoms with van der Waals surface area (Å²) in [6.07, 6.45) is 0.942. The molecule has 0 amide bonds. The number of carboxylic acids is 1. The maximum Gasteiger partial charge on any atom is 0.323 e. The molecule has 0 radical (unpaired) electrons. The fourth-order valence-electron chi connectivity index (χ4n) is 3.83. The van der Waals surface area contributed by atoms with Gasteiger partial charge in [-0.1, -0.05) is 48.5 Å². The third-order valence-electron chi connectivity index (χ3n) is 5.08. The fourth-order valence-corrected chi connectivity index (χ4v) is 3.83. The first kappa shape index (κ1) is 15.8. The maximum atomic E-state index is 12.3. The molecule has 2 N–H and O–H groups in total. The van der Waals surface area contributed by atoms with Crippen LogP contribution in [0, 0.1) is 0 Å². The van der Waals surface area contributed by atoms with E-state index in [-0.39, 0.29) is 18.5 Å². The van der Waals surface area contributed by atoms with Crippen LogP contribution in [0.4, 0.5) is 0 Å². The highest BCUT2D eigenvalue weighted by Gasteiger charge is 2.35. The van der Waals surface area contributed by atoms with Crippen LogP contribution in [-0.4, -0.2) is 35.7 Å². The lowest BCUT2D eigenvalue weighted by Crippen LogP contribution is -2.40. The van der Waals surface area contributed by atoms with E-state index in [9.17, 15) is 9.59 Å². The first-order chi connectivity index (χ1) is 12.1. The van der Waals surface area contributed by atoms with Crippen LogP contribution in [0.5, 0.6) is 0 Å². The summed E-state index contributed by atoms with van der Waals surface area (Å²) in [5, 5.41) is 11.8. The summed E-state index contributed by atoms with van der Waals surface area (Å²) in [6, 6.07) is 15.1. The number of hydrogen-bond acceptors (Lipinski definition) is 4. The van der Waals surface area contributed by atoms with E-state index in [0.717, 1.165) is 0 Å². The van der Waals surface area contributed by atoms with E-state index in [1.807, 2.05) is 24.3 Å². The molecule has 5 heteroatoms. The van der Waals surface area contributed by atoms with Crippen molar-refractivity contribution in [1.82, 2.24) is 5.32 Å². The third kappa shape index (κ3) is 2.81. The zero-order chi connectivity index (χ0) is 17.4. The van der Waals surface area contributed by atoms with Gasteiger partial charge in [0.05, 0.1) is 0 Å². The fraction of sp³-hybridized carbons (Fsp3) is 0.300. The second kappa shape index (κ2) is 6.33. The average Bonchev–Trinajstić information content (AvgIpc) is 3.24. The molecular weight excluding hydrogens is 318 g/mol. The number of ether oxygens (including phenoxy) is 1. The Kier molecular flexibility index (Phi) is 4.01. The van der Waals surface area contributed by atoms with Crippen LogP contribution in [0.3, 0.4) is 0 Å². The van der Waals surface area contributed by atoms with Crippen LogP contribution in [0.15, 0.2) is 48.5 Å². The van der Waals surface area contributed by atoms with E-state index in [1.165, 1.54) is 22.3 Å². The normalized spacial score (nSPS) is 21.6. The molecule has 0 bridgehead atoms. The quantitative estimate of drug-likeness (QED) is 0.839. The summed E-state index contributed by atoms with van der Waals surface area (Å²) in [5.74, 6) is -1.27. The Morgan fingerprint density at radius 3 is 2.08 bits per heavy atom. The summed E-state index contributed by atoms with van der Waals surface area (Å²) in [6.45, 7) is 0.267. The van der Waals surface area contributed by atoms with Crippen LogP contribution in [-0.2, 0) is 14.3 Å². The molecule has 0 aromatic heterocycles.